The van der Waals surface area contributed by atoms with Crippen LogP contribution >= 0.6 is 45.2 Å². The highest BCUT2D eigenvalue weighted by molar-refractivity contribution is 14.1. The minimum Gasteiger partial charge on any atom is -0.294 e. The Balaban J connectivity index is 1.98. The summed E-state index contributed by atoms with van der Waals surface area (Å²) >= 11 is 4.37. The van der Waals surface area contributed by atoms with Gasteiger partial charge in [0.2, 0.25) is 0 Å². The lowest BCUT2D eigenvalue weighted by molar-refractivity contribution is -0.112. The van der Waals surface area contributed by atoms with Gasteiger partial charge in [-0.3, -0.25) is 4.79 Å². The van der Waals surface area contributed by atoms with Gasteiger partial charge in [-0.2, -0.15) is 0 Å². The van der Waals surface area contributed by atoms with E-state index in [-0.39, 0.29) is 0 Å². The van der Waals surface area contributed by atoms with Crippen LogP contribution in [0.5, 0.6) is 0 Å². The van der Waals surface area contributed by atoms with E-state index >= 15 is 0 Å². The van der Waals surface area contributed by atoms with Crippen LogP contribution in [0.4, 0.5) is 0 Å². The molecule has 124 valence electrons. The van der Waals surface area contributed by atoms with Gasteiger partial charge in [0.1, 0.15) is 5.75 Å². The number of allylic oxidation sites excluding steroid dienone is 1. The summed E-state index contributed by atoms with van der Waals surface area (Å²) in [6, 6.07) is 15.0. The van der Waals surface area contributed by atoms with Crippen LogP contribution in [0.3, 0.4) is 0 Å². The van der Waals surface area contributed by atoms with Crippen LogP contribution in [0.1, 0.15) is 11.1 Å². The molecule has 0 amide bonds. The summed E-state index contributed by atoms with van der Waals surface area (Å²) < 4.78 is 26.2. The molecule has 0 aliphatic heterocycles. The van der Waals surface area contributed by atoms with Crippen molar-refractivity contribution in [1.82, 2.24) is 0 Å². The molecule has 0 saturated heterocycles. The van der Waals surface area contributed by atoms with E-state index in [1.807, 2.05) is 48.5 Å². The average Bonchev–Trinajstić information content (AvgIpc) is 2.53. The molecule has 2 rings (SSSR count). The van der Waals surface area contributed by atoms with E-state index in [1.54, 1.807) is 6.08 Å². The molecule has 0 saturated carbocycles. The van der Waals surface area contributed by atoms with Gasteiger partial charge in [-0.1, -0.05) is 30.3 Å². The van der Waals surface area contributed by atoms with Crippen LogP contribution in [-0.2, 0) is 14.6 Å². The number of hydrogen-bond acceptors (Lipinski definition) is 3. The average molecular weight is 564 g/mol. The fraction of sp³-hybridized carbons (Fsp3) is 0.0556. The first-order valence-corrected chi connectivity index (χ1v) is 10.8. The molecule has 0 aliphatic carbocycles. The van der Waals surface area contributed by atoms with Gasteiger partial charge in [0, 0.05) is 12.5 Å². The van der Waals surface area contributed by atoms with Crippen molar-refractivity contribution in [1.29, 1.82) is 0 Å². The number of hydrogen-bond donors (Lipinski definition) is 0. The summed E-state index contributed by atoms with van der Waals surface area (Å²) in [7, 11) is -3.58. The smallest absolute Gasteiger partial charge is 0.179 e. The number of ketones is 1. The van der Waals surface area contributed by atoms with Crippen molar-refractivity contribution in [3.05, 3.63) is 78.3 Å². The third kappa shape index (κ3) is 6.86. The Morgan fingerprint density at radius 2 is 1.29 bits per heavy atom. The number of sulfone groups is 1. The SMILES string of the molecule is O=C(/C=C\c1ccc(I)cc1)CS(=O)(=O)C=Cc1ccc(I)cc1. The minimum atomic E-state index is -3.58. The van der Waals surface area contributed by atoms with E-state index in [4.69, 9.17) is 0 Å². The molecule has 0 radical (unpaired) electrons. The second-order valence-corrected chi connectivity index (χ2v) is 9.39. The summed E-state index contributed by atoms with van der Waals surface area (Å²) in [6.07, 6.45) is 4.43. The van der Waals surface area contributed by atoms with E-state index in [0.717, 1.165) is 23.7 Å². The van der Waals surface area contributed by atoms with Crippen molar-refractivity contribution in [2.45, 2.75) is 0 Å². The fourth-order valence-electron chi connectivity index (χ4n) is 1.81. The fourth-order valence-corrected chi connectivity index (χ4v) is 3.49. The zero-order valence-corrected chi connectivity index (χ0v) is 17.7. The predicted molar refractivity (Wildman–Crippen MR) is 115 cm³/mol. The molecule has 0 spiro atoms. The first-order chi connectivity index (χ1) is 11.3. The van der Waals surface area contributed by atoms with E-state index < -0.39 is 21.4 Å². The van der Waals surface area contributed by atoms with Crippen molar-refractivity contribution >= 4 is 73.0 Å². The maximum absolute atomic E-state index is 12.0. The van der Waals surface area contributed by atoms with Gasteiger partial charge in [-0.15, -0.1) is 0 Å². The quantitative estimate of drug-likeness (QED) is 0.382. The Labute approximate surface area is 169 Å². The van der Waals surface area contributed by atoms with Crippen molar-refractivity contribution in [2.24, 2.45) is 0 Å². The Morgan fingerprint density at radius 3 is 1.79 bits per heavy atom. The highest BCUT2D eigenvalue weighted by atomic mass is 127. The molecular formula is C18H14I2O3S. The number of rotatable bonds is 6. The lowest BCUT2D eigenvalue weighted by Crippen LogP contribution is -2.11. The van der Waals surface area contributed by atoms with Gasteiger partial charge in [0.15, 0.2) is 15.6 Å². The number of carbonyl (C=O) groups excluding carboxylic acids is 1. The minimum absolute atomic E-state index is 0.444. The number of halogens is 2. The molecular weight excluding hydrogens is 550 g/mol. The molecule has 0 aromatic heterocycles. The Kier molecular flexibility index (Phi) is 7.17. The molecule has 0 bridgehead atoms. The first-order valence-electron chi connectivity index (χ1n) is 6.97. The van der Waals surface area contributed by atoms with Gasteiger partial charge in [0.25, 0.3) is 0 Å². The van der Waals surface area contributed by atoms with Crippen LogP contribution in [0, 0.1) is 7.14 Å². The molecule has 0 unspecified atom stereocenters. The summed E-state index contributed by atoms with van der Waals surface area (Å²) in [4.78, 5) is 11.9. The second-order valence-electron chi connectivity index (χ2n) is 5.01. The van der Waals surface area contributed by atoms with Crippen LogP contribution in [0.25, 0.3) is 12.2 Å². The van der Waals surface area contributed by atoms with Crippen molar-refractivity contribution in [2.75, 3.05) is 5.75 Å². The number of benzene rings is 2. The zero-order chi connectivity index (χ0) is 17.6. The Hall–Kier alpha value is -1.000. The van der Waals surface area contributed by atoms with Gasteiger partial charge >= 0.3 is 0 Å². The van der Waals surface area contributed by atoms with Gasteiger partial charge in [-0.05, 0) is 92.7 Å². The molecule has 24 heavy (non-hydrogen) atoms. The lowest BCUT2D eigenvalue weighted by atomic mass is 10.2. The van der Waals surface area contributed by atoms with Gasteiger partial charge < -0.3 is 0 Å². The largest absolute Gasteiger partial charge is 0.294 e. The third-order valence-corrected chi connectivity index (χ3v) is 5.69. The summed E-state index contributed by atoms with van der Waals surface area (Å²) in [5.41, 5.74) is 1.64. The zero-order valence-electron chi connectivity index (χ0n) is 12.5. The first kappa shape index (κ1) is 19.3. The molecule has 0 fully saturated rings. The molecule has 0 N–H and O–H groups in total. The molecule has 3 nitrogen and oxygen atoms in total. The van der Waals surface area contributed by atoms with E-state index in [9.17, 15) is 13.2 Å². The van der Waals surface area contributed by atoms with E-state index in [1.165, 1.54) is 12.2 Å². The molecule has 0 heterocycles. The Bertz CT molecular complexity index is 865. The van der Waals surface area contributed by atoms with Gasteiger partial charge in [0.05, 0.1) is 0 Å². The topological polar surface area (TPSA) is 51.2 Å². The van der Waals surface area contributed by atoms with Crippen molar-refractivity contribution < 1.29 is 13.2 Å². The highest BCUT2D eigenvalue weighted by Gasteiger charge is 2.11. The lowest BCUT2D eigenvalue weighted by Gasteiger charge is -1.97. The van der Waals surface area contributed by atoms with Crippen molar-refractivity contribution in [3.63, 3.8) is 0 Å². The second kappa shape index (κ2) is 8.91. The molecule has 6 heteroatoms. The van der Waals surface area contributed by atoms with Crippen LogP contribution in [-0.4, -0.2) is 20.0 Å². The standard InChI is InChI=1S/C18H14I2O3S/c19-16-6-1-14(2-7-16)5-10-18(21)13-24(22,23)12-11-15-3-8-17(20)9-4-15/h1-12H,13H2/b10-5-,12-11?. The van der Waals surface area contributed by atoms with Crippen LogP contribution in [0.15, 0.2) is 60.0 Å². The van der Waals surface area contributed by atoms with Crippen molar-refractivity contribution in [3.8, 4) is 0 Å². The van der Waals surface area contributed by atoms with E-state index in [0.29, 0.717) is 0 Å². The summed E-state index contributed by atoms with van der Waals surface area (Å²) in [6.45, 7) is 0. The Morgan fingerprint density at radius 1 is 0.833 bits per heavy atom. The van der Waals surface area contributed by atoms with Crippen LogP contribution < -0.4 is 0 Å². The molecule has 2 aromatic rings. The molecule has 0 atom stereocenters. The molecule has 0 aliphatic rings. The van der Waals surface area contributed by atoms with Gasteiger partial charge in [-0.25, -0.2) is 8.42 Å². The maximum atomic E-state index is 12.0. The normalized spacial score (nSPS) is 12.1. The summed E-state index contributed by atoms with van der Waals surface area (Å²) in [5, 5.41) is 1.09. The highest BCUT2D eigenvalue weighted by Crippen LogP contribution is 2.10. The summed E-state index contributed by atoms with van der Waals surface area (Å²) in [5.74, 6) is -0.977. The van der Waals surface area contributed by atoms with Crippen LogP contribution in [0.2, 0.25) is 0 Å². The third-order valence-electron chi connectivity index (χ3n) is 3.01. The molecule has 2 aromatic carbocycles. The van der Waals surface area contributed by atoms with E-state index in [2.05, 4.69) is 45.2 Å². The predicted octanol–water partition coefficient (Wildman–Crippen LogP) is 4.56. The maximum Gasteiger partial charge on any atom is 0.179 e. The number of carbonyl (C=O) groups is 1. The monoisotopic (exact) mass is 564 g/mol.